The van der Waals surface area contributed by atoms with E-state index in [1.54, 1.807) is 6.07 Å². The normalized spacial score (nSPS) is 19.1. The van der Waals surface area contributed by atoms with Crippen molar-refractivity contribution in [2.24, 2.45) is 0 Å². The number of aryl methyl sites for hydroxylation is 1. The third-order valence-corrected chi connectivity index (χ3v) is 2.95. The fourth-order valence-electron chi connectivity index (χ4n) is 1.89. The number of carbonyl (C=O) groups is 1. The van der Waals surface area contributed by atoms with E-state index < -0.39 is 0 Å². The van der Waals surface area contributed by atoms with Crippen LogP contribution in [-0.2, 0) is 9.47 Å². The summed E-state index contributed by atoms with van der Waals surface area (Å²) in [7, 11) is 1.39. The highest BCUT2D eigenvalue weighted by atomic mass is 16.5. The van der Waals surface area contributed by atoms with Gasteiger partial charge in [-0.05, 0) is 31.0 Å². The first-order valence-electron chi connectivity index (χ1n) is 5.74. The number of hydrogen-bond acceptors (Lipinski definition) is 4. The molecule has 4 heteroatoms. The Morgan fingerprint density at radius 2 is 2.35 bits per heavy atom. The van der Waals surface area contributed by atoms with Crippen molar-refractivity contribution < 1.29 is 14.3 Å². The smallest absolute Gasteiger partial charge is 0.337 e. The molecule has 1 aliphatic rings. The first-order valence-corrected chi connectivity index (χ1v) is 5.74. The predicted octanol–water partition coefficient (Wildman–Crippen LogP) is 1.98. The van der Waals surface area contributed by atoms with Gasteiger partial charge in [-0.2, -0.15) is 0 Å². The average molecular weight is 235 g/mol. The lowest BCUT2D eigenvalue weighted by Crippen LogP contribution is -2.19. The van der Waals surface area contributed by atoms with Crippen LogP contribution in [0.5, 0.6) is 0 Å². The Morgan fingerprint density at radius 3 is 3.00 bits per heavy atom. The van der Waals surface area contributed by atoms with Crippen LogP contribution in [0, 0.1) is 6.92 Å². The molecule has 1 fully saturated rings. The summed E-state index contributed by atoms with van der Waals surface area (Å²) < 4.78 is 10.0. The number of hydrogen-bond donors (Lipinski definition) is 1. The average Bonchev–Trinajstić information content (AvgIpc) is 2.84. The lowest BCUT2D eigenvalue weighted by molar-refractivity contribution is 0.0601. The molecule has 0 radical (unpaired) electrons. The largest absolute Gasteiger partial charge is 0.465 e. The van der Waals surface area contributed by atoms with Gasteiger partial charge in [0.05, 0.1) is 25.3 Å². The Labute approximate surface area is 101 Å². The molecule has 2 rings (SSSR count). The second kappa shape index (κ2) is 5.19. The SMILES string of the molecule is COC(=O)c1ccc(C)c(NC2CCOC2)c1. The van der Waals surface area contributed by atoms with Crippen LogP contribution in [0.4, 0.5) is 5.69 Å². The molecule has 0 amide bonds. The number of esters is 1. The van der Waals surface area contributed by atoms with Crippen LogP contribution < -0.4 is 5.32 Å². The second-order valence-electron chi connectivity index (χ2n) is 4.23. The van der Waals surface area contributed by atoms with Gasteiger partial charge >= 0.3 is 5.97 Å². The van der Waals surface area contributed by atoms with E-state index in [1.165, 1.54) is 7.11 Å². The van der Waals surface area contributed by atoms with Crippen molar-refractivity contribution in [2.75, 3.05) is 25.6 Å². The van der Waals surface area contributed by atoms with Crippen molar-refractivity contribution in [1.29, 1.82) is 0 Å². The maximum Gasteiger partial charge on any atom is 0.337 e. The van der Waals surface area contributed by atoms with Crippen LogP contribution in [0.2, 0.25) is 0 Å². The first kappa shape index (κ1) is 11.9. The Bertz CT molecular complexity index is 411. The van der Waals surface area contributed by atoms with Gasteiger partial charge in [-0.15, -0.1) is 0 Å². The van der Waals surface area contributed by atoms with Gasteiger partial charge < -0.3 is 14.8 Å². The van der Waals surface area contributed by atoms with E-state index in [-0.39, 0.29) is 5.97 Å². The van der Waals surface area contributed by atoms with E-state index in [4.69, 9.17) is 9.47 Å². The minimum Gasteiger partial charge on any atom is -0.465 e. The maximum atomic E-state index is 11.4. The van der Waals surface area contributed by atoms with E-state index in [2.05, 4.69) is 5.32 Å². The van der Waals surface area contributed by atoms with E-state index in [0.717, 1.165) is 30.9 Å². The summed E-state index contributed by atoms with van der Waals surface area (Å²) in [5.74, 6) is -0.310. The van der Waals surface area contributed by atoms with Gasteiger partial charge in [0.15, 0.2) is 0 Å². The van der Waals surface area contributed by atoms with Gasteiger partial charge in [0.2, 0.25) is 0 Å². The minimum atomic E-state index is -0.310. The number of nitrogens with one attached hydrogen (secondary N) is 1. The zero-order valence-corrected chi connectivity index (χ0v) is 10.2. The summed E-state index contributed by atoms with van der Waals surface area (Å²) in [5.41, 5.74) is 2.66. The Hall–Kier alpha value is -1.55. The minimum absolute atomic E-state index is 0.310. The highest BCUT2D eigenvalue weighted by Crippen LogP contribution is 2.20. The van der Waals surface area contributed by atoms with Gasteiger partial charge in [-0.1, -0.05) is 6.07 Å². The summed E-state index contributed by atoms with van der Waals surface area (Å²) in [4.78, 5) is 11.4. The Balaban J connectivity index is 2.16. The van der Waals surface area contributed by atoms with Gasteiger partial charge in [0, 0.05) is 12.3 Å². The fourth-order valence-corrected chi connectivity index (χ4v) is 1.89. The summed E-state index contributed by atoms with van der Waals surface area (Å²) in [6.45, 7) is 3.54. The molecule has 1 N–H and O–H groups in total. The third kappa shape index (κ3) is 2.77. The van der Waals surface area contributed by atoms with E-state index in [1.807, 2.05) is 19.1 Å². The second-order valence-corrected chi connectivity index (χ2v) is 4.23. The van der Waals surface area contributed by atoms with Gasteiger partial charge in [0.25, 0.3) is 0 Å². The summed E-state index contributed by atoms with van der Waals surface area (Å²) >= 11 is 0. The molecule has 1 saturated heterocycles. The highest BCUT2D eigenvalue weighted by Gasteiger charge is 2.16. The quantitative estimate of drug-likeness (QED) is 0.814. The molecular formula is C13H17NO3. The predicted molar refractivity (Wildman–Crippen MR) is 65.4 cm³/mol. The molecule has 1 aromatic carbocycles. The van der Waals surface area contributed by atoms with Crippen LogP contribution in [0.25, 0.3) is 0 Å². The molecule has 1 aromatic rings. The molecule has 0 aliphatic carbocycles. The molecule has 1 heterocycles. The number of benzene rings is 1. The highest BCUT2D eigenvalue weighted by molar-refractivity contribution is 5.90. The molecule has 0 spiro atoms. The van der Waals surface area contributed by atoms with Gasteiger partial charge in [-0.25, -0.2) is 4.79 Å². The molecule has 0 saturated carbocycles. The van der Waals surface area contributed by atoms with Crippen LogP contribution in [-0.4, -0.2) is 32.3 Å². The molecule has 1 aliphatic heterocycles. The first-order chi connectivity index (χ1) is 8.20. The molecule has 1 atom stereocenters. The van der Waals surface area contributed by atoms with Crippen molar-refractivity contribution >= 4 is 11.7 Å². The lowest BCUT2D eigenvalue weighted by atomic mass is 10.1. The summed E-state index contributed by atoms with van der Waals surface area (Å²) in [6.07, 6.45) is 1.00. The summed E-state index contributed by atoms with van der Waals surface area (Å²) in [5, 5.41) is 3.40. The van der Waals surface area contributed by atoms with E-state index in [0.29, 0.717) is 11.6 Å². The number of rotatable bonds is 3. The van der Waals surface area contributed by atoms with Crippen molar-refractivity contribution in [3.8, 4) is 0 Å². The van der Waals surface area contributed by atoms with Crippen molar-refractivity contribution in [2.45, 2.75) is 19.4 Å². The zero-order valence-electron chi connectivity index (χ0n) is 10.2. The Kier molecular flexibility index (Phi) is 3.64. The molecule has 17 heavy (non-hydrogen) atoms. The van der Waals surface area contributed by atoms with Crippen molar-refractivity contribution in [3.05, 3.63) is 29.3 Å². The molecule has 0 aromatic heterocycles. The van der Waals surface area contributed by atoms with Crippen LogP contribution in [0.1, 0.15) is 22.3 Å². The number of anilines is 1. The maximum absolute atomic E-state index is 11.4. The molecule has 4 nitrogen and oxygen atoms in total. The van der Waals surface area contributed by atoms with E-state index >= 15 is 0 Å². The third-order valence-electron chi connectivity index (χ3n) is 2.95. The fraction of sp³-hybridized carbons (Fsp3) is 0.462. The van der Waals surface area contributed by atoms with Crippen molar-refractivity contribution in [1.82, 2.24) is 0 Å². The topological polar surface area (TPSA) is 47.6 Å². The Morgan fingerprint density at radius 1 is 1.53 bits per heavy atom. The monoisotopic (exact) mass is 235 g/mol. The van der Waals surface area contributed by atoms with Crippen LogP contribution in [0.15, 0.2) is 18.2 Å². The van der Waals surface area contributed by atoms with Crippen molar-refractivity contribution in [3.63, 3.8) is 0 Å². The standard InChI is InChI=1S/C13H17NO3/c1-9-3-4-10(13(15)16-2)7-12(9)14-11-5-6-17-8-11/h3-4,7,11,14H,5-6,8H2,1-2H3. The number of ether oxygens (including phenoxy) is 2. The van der Waals surface area contributed by atoms with Crippen LogP contribution >= 0.6 is 0 Å². The number of carbonyl (C=O) groups excluding carboxylic acids is 1. The molecule has 1 unspecified atom stereocenters. The zero-order chi connectivity index (χ0) is 12.3. The molecular weight excluding hydrogens is 218 g/mol. The van der Waals surface area contributed by atoms with E-state index in [9.17, 15) is 4.79 Å². The van der Waals surface area contributed by atoms with Gasteiger partial charge in [0.1, 0.15) is 0 Å². The van der Waals surface area contributed by atoms with Gasteiger partial charge in [-0.3, -0.25) is 0 Å². The van der Waals surface area contributed by atoms with Crippen LogP contribution in [0.3, 0.4) is 0 Å². The lowest BCUT2D eigenvalue weighted by Gasteiger charge is -2.15. The summed E-state index contributed by atoms with van der Waals surface area (Å²) in [6, 6.07) is 5.86. The number of methoxy groups -OCH3 is 1. The molecule has 92 valence electrons. The molecule has 0 bridgehead atoms.